The van der Waals surface area contributed by atoms with E-state index in [1.165, 1.54) is 5.56 Å². The van der Waals surface area contributed by atoms with Crippen molar-refractivity contribution in [1.82, 2.24) is 19.8 Å². The standard InChI is InChI=1S/C25H28N4O2/c1-18-10-11-21(16-19(18)2)31-24-22(25(30)29-13-7-12-28(3)14-15-29)17-26-23(27-24)20-8-5-4-6-9-20/h4-6,8-11,16-17H,7,12-15H2,1-3H3. The fraction of sp³-hybridized carbons (Fsp3) is 0.320. The van der Waals surface area contributed by atoms with E-state index >= 15 is 0 Å². The first-order valence-corrected chi connectivity index (χ1v) is 10.7. The highest BCUT2D eigenvalue weighted by Gasteiger charge is 2.24. The first-order valence-electron chi connectivity index (χ1n) is 10.7. The van der Waals surface area contributed by atoms with Crippen molar-refractivity contribution in [3.63, 3.8) is 0 Å². The number of aromatic nitrogens is 2. The van der Waals surface area contributed by atoms with Gasteiger partial charge in [-0.15, -0.1) is 0 Å². The van der Waals surface area contributed by atoms with E-state index in [2.05, 4.69) is 28.8 Å². The first kappa shape index (κ1) is 21.0. The van der Waals surface area contributed by atoms with Crippen LogP contribution in [0.4, 0.5) is 0 Å². The minimum Gasteiger partial charge on any atom is -0.438 e. The molecule has 1 aliphatic rings. The van der Waals surface area contributed by atoms with Crippen LogP contribution in [-0.2, 0) is 0 Å². The number of carbonyl (C=O) groups excluding carboxylic acids is 1. The molecule has 6 heteroatoms. The third kappa shape index (κ3) is 4.91. The Bertz CT molecular complexity index is 1070. The van der Waals surface area contributed by atoms with E-state index in [-0.39, 0.29) is 5.91 Å². The Kier molecular flexibility index (Phi) is 6.28. The van der Waals surface area contributed by atoms with Crippen molar-refractivity contribution in [2.45, 2.75) is 20.3 Å². The van der Waals surface area contributed by atoms with E-state index in [9.17, 15) is 4.79 Å². The zero-order valence-corrected chi connectivity index (χ0v) is 18.3. The monoisotopic (exact) mass is 416 g/mol. The van der Waals surface area contributed by atoms with Crippen LogP contribution in [0.25, 0.3) is 11.4 Å². The van der Waals surface area contributed by atoms with Crippen LogP contribution in [0.1, 0.15) is 27.9 Å². The van der Waals surface area contributed by atoms with Crippen molar-refractivity contribution in [3.05, 3.63) is 71.4 Å². The topological polar surface area (TPSA) is 58.6 Å². The summed E-state index contributed by atoms with van der Waals surface area (Å²) < 4.78 is 6.16. The number of amides is 1. The maximum atomic E-state index is 13.4. The lowest BCUT2D eigenvalue weighted by Crippen LogP contribution is -2.34. The lowest BCUT2D eigenvalue weighted by Gasteiger charge is -2.21. The van der Waals surface area contributed by atoms with Crippen LogP contribution in [0.2, 0.25) is 0 Å². The molecule has 1 amide bonds. The minimum atomic E-state index is -0.0891. The Morgan fingerprint density at radius 2 is 1.77 bits per heavy atom. The number of benzene rings is 2. The number of likely N-dealkylation sites (N-methyl/N-ethyl adjacent to an activating group) is 1. The summed E-state index contributed by atoms with van der Waals surface area (Å²) >= 11 is 0. The quantitative estimate of drug-likeness (QED) is 0.634. The molecule has 1 saturated heterocycles. The number of carbonyl (C=O) groups is 1. The summed E-state index contributed by atoms with van der Waals surface area (Å²) in [7, 11) is 2.08. The Morgan fingerprint density at radius 1 is 0.968 bits per heavy atom. The SMILES string of the molecule is Cc1ccc(Oc2nc(-c3ccccc3)ncc2C(=O)N2CCCN(C)CC2)cc1C. The van der Waals surface area contributed by atoms with Gasteiger partial charge in [0.25, 0.3) is 5.91 Å². The van der Waals surface area contributed by atoms with E-state index in [0.29, 0.717) is 36.1 Å². The summed E-state index contributed by atoms with van der Waals surface area (Å²) in [5, 5.41) is 0. The summed E-state index contributed by atoms with van der Waals surface area (Å²) in [6, 6.07) is 15.6. The molecule has 31 heavy (non-hydrogen) atoms. The summed E-state index contributed by atoms with van der Waals surface area (Å²) in [6.07, 6.45) is 2.54. The molecule has 0 unspecified atom stereocenters. The van der Waals surface area contributed by atoms with Gasteiger partial charge in [0.1, 0.15) is 11.3 Å². The second-order valence-electron chi connectivity index (χ2n) is 8.08. The summed E-state index contributed by atoms with van der Waals surface area (Å²) in [5.41, 5.74) is 3.58. The highest BCUT2D eigenvalue weighted by Crippen LogP contribution is 2.28. The normalized spacial score (nSPS) is 14.9. The molecule has 2 aromatic carbocycles. The molecule has 1 aromatic heterocycles. The lowest BCUT2D eigenvalue weighted by molar-refractivity contribution is 0.0759. The molecule has 160 valence electrons. The molecule has 0 bridgehead atoms. The highest BCUT2D eigenvalue weighted by molar-refractivity contribution is 5.96. The Balaban J connectivity index is 1.71. The van der Waals surface area contributed by atoms with Crippen LogP contribution in [0.5, 0.6) is 11.6 Å². The summed E-state index contributed by atoms with van der Waals surface area (Å²) in [4.78, 5) is 26.6. The largest absolute Gasteiger partial charge is 0.438 e. The Morgan fingerprint density at radius 3 is 2.55 bits per heavy atom. The number of ether oxygens (including phenoxy) is 1. The van der Waals surface area contributed by atoms with Crippen molar-refractivity contribution in [2.24, 2.45) is 0 Å². The van der Waals surface area contributed by atoms with Gasteiger partial charge in [-0.05, 0) is 57.1 Å². The predicted octanol–water partition coefficient (Wildman–Crippen LogP) is 4.33. The molecule has 1 fully saturated rings. The molecule has 3 aromatic rings. The van der Waals surface area contributed by atoms with Gasteiger partial charge in [-0.3, -0.25) is 4.79 Å². The van der Waals surface area contributed by atoms with Gasteiger partial charge in [-0.2, -0.15) is 4.98 Å². The first-order chi connectivity index (χ1) is 15.0. The van der Waals surface area contributed by atoms with Crippen LogP contribution in [0, 0.1) is 13.8 Å². The smallest absolute Gasteiger partial charge is 0.260 e. The number of nitrogens with zero attached hydrogens (tertiary/aromatic N) is 4. The van der Waals surface area contributed by atoms with Crippen molar-refractivity contribution >= 4 is 5.91 Å². The molecule has 1 aliphatic heterocycles. The highest BCUT2D eigenvalue weighted by atomic mass is 16.5. The van der Waals surface area contributed by atoms with Gasteiger partial charge in [-0.25, -0.2) is 4.98 Å². The van der Waals surface area contributed by atoms with Crippen molar-refractivity contribution < 1.29 is 9.53 Å². The number of hydrogen-bond donors (Lipinski definition) is 0. The van der Waals surface area contributed by atoms with Gasteiger partial charge in [0.2, 0.25) is 5.88 Å². The van der Waals surface area contributed by atoms with E-state index in [1.54, 1.807) is 6.20 Å². The molecule has 0 N–H and O–H groups in total. The van der Waals surface area contributed by atoms with E-state index in [4.69, 9.17) is 4.74 Å². The van der Waals surface area contributed by atoms with Crippen molar-refractivity contribution in [2.75, 3.05) is 33.2 Å². The van der Waals surface area contributed by atoms with Gasteiger partial charge in [0, 0.05) is 31.4 Å². The number of hydrogen-bond acceptors (Lipinski definition) is 5. The predicted molar refractivity (Wildman–Crippen MR) is 121 cm³/mol. The molecular weight excluding hydrogens is 388 g/mol. The molecule has 0 spiro atoms. The van der Waals surface area contributed by atoms with Gasteiger partial charge < -0.3 is 14.5 Å². The Hall–Kier alpha value is -3.25. The van der Waals surface area contributed by atoms with Crippen LogP contribution >= 0.6 is 0 Å². The maximum Gasteiger partial charge on any atom is 0.260 e. The zero-order valence-electron chi connectivity index (χ0n) is 18.3. The third-order valence-electron chi connectivity index (χ3n) is 5.72. The molecule has 2 heterocycles. The average Bonchev–Trinajstić information content (AvgIpc) is 3.01. The molecular formula is C25H28N4O2. The molecule has 0 radical (unpaired) electrons. The van der Waals surface area contributed by atoms with Crippen molar-refractivity contribution in [1.29, 1.82) is 0 Å². The number of aryl methyl sites for hydroxylation is 2. The average molecular weight is 417 g/mol. The third-order valence-corrected chi connectivity index (χ3v) is 5.72. The van der Waals surface area contributed by atoms with Crippen LogP contribution in [0.15, 0.2) is 54.7 Å². The summed E-state index contributed by atoms with van der Waals surface area (Å²) in [6.45, 7) is 7.33. The van der Waals surface area contributed by atoms with Crippen molar-refractivity contribution in [3.8, 4) is 23.0 Å². The fourth-order valence-corrected chi connectivity index (χ4v) is 3.63. The maximum absolute atomic E-state index is 13.4. The molecule has 0 atom stereocenters. The van der Waals surface area contributed by atoms with E-state index < -0.39 is 0 Å². The second-order valence-corrected chi connectivity index (χ2v) is 8.08. The van der Waals surface area contributed by atoms with Gasteiger partial charge in [0.05, 0.1) is 0 Å². The Labute approximate surface area is 183 Å². The van der Waals surface area contributed by atoms with Gasteiger partial charge in [0.15, 0.2) is 5.82 Å². The van der Waals surface area contributed by atoms with Crippen LogP contribution in [-0.4, -0.2) is 58.9 Å². The van der Waals surface area contributed by atoms with Gasteiger partial charge >= 0.3 is 0 Å². The summed E-state index contributed by atoms with van der Waals surface area (Å²) in [5.74, 6) is 1.39. The van der Waals surface area contributed by atoms with E-state index in [0.717, 1.165) is 30.6 Å². The van der Waals surface area contributed by atoms with Gasteiger partial charge in [-0.1, -0.05) is 36.4 Å². The zero-order chi connectivity index (χ0) is 21.8. The number of rotatable bonds is 4. The van der Waals surface area contributed by atoms with Crippen LogP contribution < -0.4 is 4.74 Å². The molecule has 4 rings (SSSR count). The van der Waals surface area contributed by atoms with E-state index in [1.807, 2.05) is 60.4 Å². The molecule has 0 saturated carbocycles. The van der Waals surface area contributed by atoms with Crippen LogP contribution in [0.3, 0.4) is 0 Å². The molecule has 6 nitrogen and oxygen atoms in total. The second kappa shape index (κ2) is 9.27. The minimum absolute atomic E-state index is 0.0891. The lowest BCUT2D eigenvalue weighted by atomic mass is 10.1. The fourth-order valence-electron chi connectivity index (χ4n) is 3.63. The molecule has 0 aliphatic carbocycles.